The van der Waals surface area contributed by atoms with Crippen LogP contribution in [0.2, 0.25) is 0 Å². The summed E-state index contributed by atoms with van der Waals surface area (Å²) in [7, 11) is 0. The van der Waals surface area contributed by atoms with E-state index in [0.29, 0.717) is 17.1 Å². The molecular formula is C15H22N2OS. The molecule has 0 aliphatic carbocycles. The molecule has 1 rings (SSSR count). The lowest BCUT2D eigenvalue weighted by Gasteiger charge is -2.07. The monoisotopic (exact) mass is 278 g/mol. The minimum absolute atomic E-state index is 0.0670. The highest BCUT2D eigenvalue weighted by Gasteiger charge is 2.06. The second-order valence-corrected chi connectivity index (χ2v) is 5.53. The van der Waals surface area contributed by atoms with Crippen LogP contribution in [0.15, 0.2) is 24.3 Å². The molecule has 19 heavy (non-hydrogen) atoms. The highest BCUT2D eigenvalue weighted by Crippen LogP contribution is 2.07. The van der Waals surface area contributed by atoms with Crippen LogP contribution < -0.4 is 11.1 Å². The van der Waals surface area contributed by atoms with Crippen LogP contribution in [0.25, 0.3) is 0 Å². The highest BCUT2D eigenvalue weighted by molar-refractivity contribution is 7.80. The Morgan fingerprint density at radius 2 is 2.00 bits per heavy atom. The molecule has 1 amide bonds. The second kappa shape index (κ2) is 7.89. The minimum atomic E-state index is -0.0670. The predicted octanol–water partition coefficient (Wildman–Crippen LogP) is 2.88. The molecule has 0 spiro atoms. The van der Waals surface area contributed by atoms with Gasteiger partial charge in [-0.15, -0.1) is 0 Å². The Morgan fingerprint density at radius 1 is 1.32 bits per heavy atom. The SMILES string of the molecule is CC(C)CCCCNC(=O)c1cccc(C(N)=S)c1. The Labute approximate surface area is 120 Å². The van der Waals surface area contributed by atoms with Gasteiger partial charge in [-0.2, -0.15) is 0 Å². The van der Waals surface area contributed by atoms with E-state index in [1.807, 2.05) is 6.07 Å². The molecule has 0 aromatic heterocycles. The number of thiocarbonyl (C=S) groups is 1. The van der Waals surface area contributed by atoms with Crippen LogP contribution in [0.3, 0.4) is 0 Å². The molecule has 0 bridgehead atoms. The number of hydrogen-bond acceptors (Lipinski definition) is 2. The van der Waals surface area contributed by atoms with Crippen molar-refractivity contribution in [3.05, 3.63) is 35.4 Å². The first-order chi connectivity index (χ1) is 9.00. The van der Waals surface area contributed by atoms with Crippen LogP contribution >= 0.6 is 12.2 Å². The molecule has 0 atom stereocenters. The fourth-order valence-electron chi connectivity index (χ4n) is 1.80. The van der Waals surface area contributed by atoms with Crippen molar-refractivity contribution in [3.63, 3.8) is 0 Å². The topological polar surface area (TPSA) is 55.1 Å². The molecule has 0 heterocycles. The standard InChI is InChI=1S/C15H22N2OS/c1-11(2)6-3-4-9-17-15(18)13-8-5-7-12(10-13)14(16)19/h5,7-8,10-11H,3-4,6,9H2,1-2H3,(H2,16,19)(H,17,18). The zero-order chi connectivity index (χ0) is 14.3. The fraction of sp³-hybridized carbons (Fsp3) is 0.467. The zero-order valence-corrected chi connectivity index (χ0v) is 12.4. The van der Waals surface area contributed by atoms with Crippen molar-refractivity contribution in [2.24, 2.45) is 11.7 Å². The smallest absolute Gasteiger partial charge is 0.251 e. The van der Waals surface area contributed by atoms with Gasteiger partial charge >= 0.3 is 0 Å². The molecule has 1 aromatic carbocycles. The van der Waals surface area contributed by atoms with Crippen molar-refractivity contribution < 1.29 is 4.79 Å². The van der Waals surface area contributed by atoms with E-state index in [1.165, 1.54) is 6.42 Å². The van der Waals surface area contributed by atoms with Crippen LogP contribution in [0.5, 0.6) is 0 Å². The average Bonchev–Trinajstić information content (AvgIpc) is 2.37. The van der Waals surface area contributed by atoms with Gasteiger partial charge in [0, 0.05) is 17.7 Å². The Morgan fingerprint density at radius 3 is 2.63 bits per heavy atom. The van der Waals surface area contributed by atoms with Gasteiger partial charge in [0.1, 0.15) is 4.99 Å². The van der Waals surface area contributed by atoms with Crippen LogP contribution in [-0.2, 0) is 0 Å². The molecule has 104 valence electrons. The number of amides is 1. The lowest BCUT2D eigenvalue weighted by molar-refractivity contribution is 0.0953. The summed E-state index contributed by atoms with van der Waals surface area (Å²) in [6.07, 6.45) is 3.36. The lowest BCUT2D eigenvalue weighted by atomic mass is 10.1. The van der Waals surface area contributed by atoms with Crippen molar-refractivity contribution in [2.45, 2.75) is 33.1 Å². The molecular weight excluding hydrogens is 256 g/mol. The first-order valence-electron chi connectivity index (χ1n) is 6.68. The molecule has 0 fully saturated rings. The van der Waals surface area contributed by atoms with Crippen LogP contribution in [-0.4, -0.2) is 17.4 Å². The van der Waals surface area contributed by atoms with E-state index in [1.54, 1.807) is 18.2 Å². The quantitative estimate of drug-likeness (QED) is 0.595. The van der Waals surface area contributed by atoms with Crippen molar-refractivity contribution in [1.82, 2.24) is 5.32 Å². The first kappa shape index (κ1) is 15.6. The van der Waals surface area contributed by atoms with E-state index < -0.39 is 0 Å². The van der Waals surface area contributed by atoms with E-state index in [4.69, 9.17) is 18.0 Å². The van der Waals surface area contributed by atoms with E-state index in [-0.39, 0.29) is 5.91 Å². The third kappa shape index (κ3) is 5.83. The van der Waals surface area contributed by atoms with Crippen LogP contribution in [0, 0.1) is 5.92 Å². The van der Waals surface area contributed by atoms with Gasteiger partial charge in [-0.3, -0.25) is 4.79 Å². The molecule has 4 heteroatoms. The lowest BCUT2D eigenvalue weighted by Crippen LogP contribution is -2.25. The minimum Gasteiger partial charge on any atom is -0.389 e. The molecule has 3 N–H and O–H groups in total. The van der Waals surface area contributed by atoms with Gasteiger partial charge in [0.15, 0.2) is 0 Å². The van der Waals surface area contributed by atoms with E-state index in [0.717, 1.165) is 24.3 Å². The second-order valence-electron chi connectivity index (χ2n) is 5.09. The largest absolute Gasteiger partial charge is 0.389 e. The van der Waals surface area contributed by atoms with Crippen molar-refractivity contribution in [1.29, 1.82) is 0 Å². The summed E-state index contributed by atoms with van der Waals surface area (Å²) in [4.78, 5) is 12.2. The van der Waals surface area contributed by atoms with E-state index in [2.05, 4.69) is 19.2 Å². The molecule has 0 aliphatic rings. The maximum Gasteiger partial charge on any atom is 0.251 e. The maximum absolute atomic E-state index is 11.9. The van der Waals surface area contributed by atoms with Gasteiger partial charge in [0.25, 0.3) is 5.91 Å². The summed E-state index contributed by atoms with van der Waals surface area (Å²) >= 11 is 4.90. The third-order valence-electron chi connectivity index (χ3n) is 2.90. The zero-order valence-electron chi connectivity index (χ0n) is 11.6. The van der Waals surface area contributed by atoms with Gasteiger partial charge in [-0.1, -0.05) is 51.0 Å². The van der Waals surface area contributed by atoms with Crippen LogP contribution in [0.4, 0.5) is 0 Å². The molecule has 0 saturated heterocycles. The molecule has 0 radical (unpaired) electrons. The summed E-state index contributed by atoms with van der Waals surface area (Å²) in [6.45, 7) is 5.13. The number of carbonyl (C=O) groups excluding carboxylic acids is 1. The molecule has 0 unspecified atom stereocenters. The summed E-state index contributed by atoms with van der Waals surface area (Å²) < 4.78 is 0. The number of carbonyl (C=O) groups is 1. The molecule has 0 aliphatic heterocycles. The van der Waals surface area contributed by atoms with Crippen molar-refractivity contribution >= 4 is 23.1 Å². The number of nitrogens with two attached hydrogens (primary N) is 1. The van der Waals surface area contributed by atoms with Crippen LogP contribution in [0.1, 0.15) is 49.0 Å². The van der Waals surface area contributed by atoms with Crippen molar-refractivity contribution in [2.75, 3.05) is 6.54 Å². The normalized spacial score (nSPS) is 10.5. The maximum atomic E-state index is 11.9. The van der Waals surface area contributed by atoms with E-state index in [9.17, 15) is 4.79 Å². The molecule has 0 saturated carbocycles. The number of unbranched alkanes of at least 4 members (excludes halogenated alkanes) is 1. The number of rotatable bonds is 7. The number of hydrogen-bond donors (Lipinski definition) is 2. The van der Waals surface area contributed by atoms with Gasteiger partial charge in [0.05, 0.1) is 0 Å². The predicted molar refractivity (Wildman–Crippen MR) is 83.4 cm³/mol. The number of nitrogens with one attached hydrogen (secondary N) is 1. The summed E-state index contributed by atoms with van der Waals surface area (Å²) in [5.41, 5.74) is 6.88. The summed E-state index contributed by atoms with van der Waals surface area (Å²) in [6, 6.07) is 7.10. The third-order valence-corrected chi connectivity index (χ3v) is 3.14. The fourth-order valence-corrected chi connectivity index (χ4v) is 1.92. The van der Waals surface area contributed by atoms with Gasteiger partial charge in [-0.25, -0.2) is 0 Å². The Kier molecular flexibility index (Phi) is 6.50. The average molecular weight is 278 g/mol. The van der Waals surface area contributed by atoms with Gasteiger partial charge in [0.2, 0.25) is 0 Å². The van der Waals surface area contributed by atoms with Gasteiger partial charge < -0.3 is 11.1 Å². The Hall–Kier alpha value is -1.42. The summed E-state index contributed by atoms with van der Waals surface area (Å²) in [5, 5.41) is 2.92. The first-order valence-corrected chi connectivity index (χ1v) is 7.09. The Bertz CT molecular complexity index is 444. The molecule has 3 nitrogen and oxygen atoms in total. The summed E-state index contributed by atoms with van der Waals surface area (Å²) in [5.74, 6) is 0.653. The Balaban J connectivity index is 2.41. The highest BCUT2D eigenvalue weighted by atomic mass is 32.1. The van der Waals surface area contributed by atoms with Crippen molar-refractivity contribution in [3.8, 4) is 0 Å². The molecule has 1 aromatic rings. The number of benzene rings is 1. The van der Waals surface area contributed by atoms with Gasteiger partial charge in [-0.05, 0) is 24.5 Å². The van der Waals surface area contributed by atoms with E-state index >= 15 is 0 Å².